The molecule has 7 nitrogen and oxygen atoms in total. The molecular formula is C17H12Cl3N5O2. The van der Waals surface area contributed by atoms with Crippen molar-refractivity contribution in [2.75, 3.05) is 10.6 Å². The van der Waals surface area contributed by atoms with Crippen LogP contribution in [0.15, 0.2) is 42.7 Å². The first-order valence-corrected chi connectivity index (χ1v) is 8.74. The van der Waals surface area contributed by atoms with Crippen molar-refractivity contribution in [3.63, 3.8) is 0 Å². The number of nitrogens with one attached hydrogen (secondary N) is 2. The summed E-state index contributed by atoms with van der Waals surface area (Å²) in [5.41, 5.74) is 1.50. The van der Waals surface area contributed by atoms with Gasteiger partial charge < -0.3 is 10.6 Å². The number of nitro groups is 1. The lowest BCUT2D eigenvalue weighted by Crippen LogP contribution is -2.06. The zero-order valence-electron chi connectivity index (χ0n) is 13.8. The maximum atomic E-state index is 11.7. The van der Waals surface area contributed by atoms with Crippen molar-refractivity contribution in [1.29, 1.82) is 0 Å². The highest BCUT2D eigenvalue weighted by Crippen LogP contribution is 2.37. The summed E-state index contributed by atoms with van der Waals surface area (Å²) in [7, 11) is 0. The number of nitrogens with zero attached hydrogens (tertiary/aromatic N) is 3. The van der Waals surface area contributed by atoms with E-state index in [9.17, 15) is 10.1 Å². The van der Waals surface area contributed by atoms with Gasteiger partial charge in [-0.15, -0.1) is 0 Å². The van der Waals surface area contributed by atoms with Crippen LogP contribution in [-0.4, -0.2) is 14.9 Å². The molecule has 0 unspecified atom stereocenters. The highest BCUT2D eigenvalue weighted by atomic mass is 35.5. The van der Waals surface area contributed by atoms with E-state index in [1.54, 1.807) is 36.4 Å². The van der Waals surface area contributed by atoms with Crippen LogP contribution in [0.5, 0.6) is 0 Å². The largest absolute Gasteiger partial charge is 0.353 e. The van der Waals surface area contributed by atoms with Crippen LogP contribution in [-0.2, 0) is 0 Å². The SMILES string of the molecule is Cc1cc(Cl)ccc1Nc1ncnc(Nc2cccc(Cl)c2Cl)c1[N+](=O)[O-]. The molecule has 0 radical (unpaired) electrons. The fraction of sp³-hybridized carbons (Fsp3) is 0.0588. The molecule has 3 rings (SSSR count). The second kappa shape index (κ2) is 7.96. The molecule has 10 heteroatoms. The third kappa shape index (κ3) is 4.21. The first kappa shape index (κ1) is 19.2. The monoisotopic (exact) mass is 423 g/mol. The van der Waals surface area contributed by atoms with Gasteiger partial charge in [-0.3, -0.25) is 10.1 Å². The van der Waals surface area contributed by atoms with Crippen LogP contribution in [0, 0.1) is 17.0 Å². The Balaban J connectivity index is 2.02. The van der Waals surface area contributed by atoms with Crippen molar-refractivity contribution in [3.8, 4) is 0 Å². The Morgan fingerprint density at radius 3 is 2.30 bits per heavy atom. The van der Waals surface area contributed by atoms with Gasteiger partial charge in [-0.2, -0.15) is 0 Å². The van der Waals surface area contributed by atoms with E-state index in [-0.39, 0.29) is 22.3 Å². The molecule has 0 saturated carbocycles. The Morgan fingerprint density at radius 1 is 1.00 bits per heavy atom. The van der Waals surface area contributed by atoms with Crippen LogP contribution < -0.4 is 10.6 Å². The highest BCUT2D eigenvalue weighted by Gasteiger charge is 2.24. The minimum absolute atomic E-state index is 0.0201. The predicted molar refractivity (Wildman–Crippen MR) is 108 cm³/mol. The third-order valence-electron chi connectivity index (χ3n) is 3.65. The summed E-state index contributed by atoms with van der Waals surface area (Å²) in [4.78, 5) is 19.1. The second-order valence-electron chi connectivity index (χ2n) is 5.49. The summed E-state index contributed by atoms with van der Waals surface area (Å²) in [5, 5.41) is 18.6. The Kier molecular flexibility index (Phi) is 5.65. The Hall–Kier alpha value is -2.61. The lowest BCUT2D eigenvalue weighted by Gasteiger charge is -2.12. The summed E-state index contributed by atoms with van der Waals surface area (Å²) < 4.78 is 0. The first-order valence-electron chi connectivity index (χ1n) is 7.60. The number of hydrogen-bond acceptors (Lipinski definition) is 6. The molecule has 0 fully saturated rings. The molecular weight excluding hydrogens is 413 g/mol. The molecule has 0 aliphatic carbocycles. The van der Waals surface area contributed by atoms with Gasteiger partial charge in [0.05, 0.1) is 20.7 Å². The van der Waals surface area contributed by atoms with E-state index in [0.717, 1.165) is 5.56 Å². The van der Waals surface area contributed by atoms with Gasteiger partial charge in [-0.1, -0.05) is 40.9 Å². The molecule has 0 atom stereocenters. The molecule has 0 saturated heterocycles. The van der Waals surface area contributed by atoms with E-state index in [1.807, 2.05) is 6.92 Å². The molecule has 0 spiro atoms. The van der Waals surface area contributed by atoms with Crippen molar-refractivity contribution in [2.45, 2.75) is 6.92 Å². The molecule has 0 aliphatic rings. The predicted octanol–water partition coefficient (Wildman–Crippen LogP) is 6.14. The van der Waals surface area contributed by atoms with E-state index >= 15 is 0 Å². The lowest BCUT2D eigenvalue weighted by atomic mass is 10.2. The van der Waals surface area contributed by atoms with Crippen molar-refractivity contribution in [1.82, 2.24) is 9.97 Å². The topological polar surface area (TPSA) is 93.0 Å². The molecule has 1 aromatic heterocycles. The van der Waals surface area contributed by atoms with Crippen LogP contribution in [0.4, 0.5) is 28.7 Å². The average molecular weight is 425 g/mol. The zero-order valence-corrected chi connectivity index (χ0v) is 16.1. The Labute approximate surface area is 169 Å². The van der Waals surface area contributed by atoms with Gasteiger partial charge >= 0.3 is 5.69 Å². The molecule has 0 aliphatic heterocycles. The summed E-state index contributed by atoms with van der Waals surface area (Å²) >= 11 is 18.1. The lowest BCUT2D eigenvalue weighted by molar-refractivity contribution is -0.383. The molecule has 1 heterocycles. The van der Waals surface area contributed by atoms with Crippen LogP contribution in [0.25, 0.3) is 0 Å². The molecule has 27 heavy (non-hydrogen) atoms. The standard InChI is InChI=1S/C17H12Cl3N5O2/c1-9-7-10(18)5-6-12(9)23-16-15(25(26)27)17(22-8-21-16)24-13-4-2-3-11(19)14(13)20/h2-8H,1H3,(H2,21,22,23,24). The molecule has 2 N–H and O–H groups in total. The van der Waals surface area contributed by atoms with E-state index in [1.165, 1.54) is 6.33 Å². The number of halogens is 3. The van der Waals surface area contributed by atoms with Crippen LogP contribution in [0.1, 0.15) is 5.56 Å². The van der Waals surface area contributed by atoms with E-state index in [4.69, 9.17) is 34.8 Å². The van der Waals surface area contributed by atoms with Gasteiger partial charge in [-0.25, -0.2) is 9.97 Å². The van der Waals surface area contributed by atoms with Crippen molar-refractivity contribution in [3.05, 3.63) is 73.5 Å². The van der Waals surface area contributed by atoms with E-state index < -0.39 is 4.92 Å². The minimum Gasteiger partial charge on any atom is -0.334 e. The number of aromatic nitrogens is 2. The van der Waals surface area contributed by atoms with E-state index in [2.05, 4.69) is 20.6 Å². The van der Waals surface area contributed by atoms with Crippen LogP contribution >= 0.6 is 34.8 Å². The number of anilines is 4. The van der Waals surface area contributed by atoms with Crippen LogP contribution in [0.2, 0.25) is 15.1 Å². The van der Waals surface area contributed by atoms with Gasteiger partial charge in [0, 0.05) is 10.7 Å². The van der Waals surface area contributed by atoms with Gasteiger partial charge in [0.2, 0.25) is 11.6 Å². The highest BCUT2D eigenvalue weighted by molar-refractivity contribution is 6.43. The summed E-state index contributed by atoms with van der Waals surface area (Å²) in [6.45, 7) is 1.83. The van der Waals surface area contributed by atoms with Crippen molar-refractivity contribution >= 4 is 63.5 Å². The summed E-state index contributed by atoms with van der Waals surface area (Å²) in [6, 6.07) is 10.0. The molecule has 0 bridgehead atoms. The molecule has 138 valence electrons. The van der Waals surface area contributed by atoms with Gasteiger partial charge in [0.15, 0.2) is 0 Å². The van der Waals surface area contributed by atoms with Crippen LogP contribution in [0.3, 0.4) is 0 Å². The number of benzene rings is 2. The van der Waals surface area contributed by atoms with E-state index in [0.29, 0.717) is 21.4 Å². The fourth-order valence-corrected chi connectivity index (χ4v) is 2.93. The van der Waals surface area contributed by atoms with Crippen molar-refractivity contribution in [2.24, 2.45) is 0 Å². The Morgan fingerprint density at radius 2 is 1.67 bits per heavy atom. The fourth-order valence-electron chi connectivity index (χ4n) is 2.36. The maximum absolute atomic E-state index is 11.7. The smallest absolute Gasteiger partial charge is 0.334 e. The van der Waals surface area contributed by atoms with Gasteiger partial charge in [-0.05, 0) is 42.8 Å². The average Bonchev–Trinajstić information content (AvgIpc) is 2.61. The number of rotatable bonds is 5. The minimum atomic E-state index is -0.575. The summed E-state index contributed by atoms with van der Waals surface area (Å²) in [6.07, 6.45) is 1.21. The zero-order chi connectivity index (χ0) is 19.6. The number of aryl methyl sites for hydroxylation is 1. The summed E-state index contributed by atoms with van der Waals surface area (Å²) in [5.74, 6) is 0.00866. The molecule has 3 aromatic rings. The maximum Gasteiger partial charge on any atom is 0.353 e. The van der Waals surface area contributed by atoms with Gasteiger partial charge in [0.25, 0.3) is 0 Å². The normalized spacial score (nSPS) is 10.5. The molecule has 2 aromatic carbocycles. The number of hydrogen-bond donors (Lipinski definition) is 2. The quantitative estimate of drug-likeness (QED) is 0.377. The Bertz CT molecular complexity index is 1030. The third-order valence-corrected chi connectivity index (χ3v) is 4.71. The second-order valence-corrected chi connectivity index (χ2v) is 6.71. The molecule has 0 amide bonds. The van der Waals surface area contributed by atoms with Gasteiger partial charge in [0.1, 0.15) is 6.33 Å². The van der Waals surface area contributed by atoms with Crippen molar-refractivity contribution < 1.29 is 4.92 Å². The first-order chi connectivity index (χ1) is 12.9.